The third kappa shape index (κ3) is 3.77. The number of hydrogen-bond acceptors (Lipinski definition) is 6. The summed E-state index contributed by atoms with van der Waals surface area (Å²) in [6.45, 7) is 3.51. The second kappa shape index (κ2) is 7.18. The lowest BCUT2D eigenvalue weighted by Crippen LogP contribution is -2.06. The first-order valence-electron chi connectivity index (χ1n) is 7.89. The number of carbonyl (C=O) groups excluding carboxylic acids is 1. The van der Waals surface area contributed by atoms with Gasteiger partial charge in [0.15, 0.2) is 5.76 Å². The largest absolute Gasteiger partial charge is 0.455 e. The van der Waals surface area contributed by atoms with Crippen LogP contribution in [-0.2, 0) is 11.3 Å². The minimum absolute atomic E-state index is 0.0874. The van der Waals surface area contributed by atoms with Crippen molar-refractivity contribution >= 4 is 11.7 Å². The second-order valence-electron chi connectivity index (χ2n) is 5.88. The zero-order chi connectivity index (χ0) is 18.7. The summed E-state index contributed by atoms with van der Waals surface area (Å²) in [6.07, 6.45) is 0. The van der Waals surface area contributed by atoms with Crippen molar-refractivity contribution in [3.63, 3.8) is 0 Å². The van der Waals surface area contributed by atoms with Gasteiger partial charge in [0.1, 0.15) is 12.3 Å². The van der Waals surface area contributed by atoms with E-state index in [1.807, 2.05) is 31.2 Å². The standard InChI is InChI=1S/C19H16N2O5/c1-12-3-6-14(7-4-12)18-10-16(20-26-18)11-25-19(22)15-8-5-13(2)17(9-15)21(23)24/h3-10H,11H2,1-2H3. The normalized spacial score (nSPS) is 10.5. The lowest BCUT2D eigenvalue weighted by molar-refractivity contribution is -0.385. The van der Waals surface area contributed by atoms with E-state index in [1.165, 1.54) is 18.2 Å². The quantitative estimate of drug-likeness (QED) is 0.387. The number of aromatic nitrogens is 1. The topological polar surface area (TPSA) is 95.5 Å². The van der Waals surface area contributed by atoms with E-state index >= 15 is 0 Å². The molecule has 0 bridgehead atoms. The molecule has 0 aliphatic rings. The lowest BCUT2D eigenvalue weighted by Gasteiger charge is -2.03. The molecule has 1 heterocycles. The molecule has 0 aliphatic heterocycles. The third-order valence-corrected chi connectivity index (χ3v) is 3.89. The van der Waals surface area contributed by atoms with Gasteiger partial charge in [0, 0.05) is 23.3 Å². The van der Waals surface area contributed by atoms with Crippen molar-refractivity contribution in [2.24, 2.45) is 0 Å². The maximum Gasteiger partial charge on any atom is 0.338 e. The van der Waals surface area contributed by atoms with Gasteiger partial charge in [-0.25, -0.2) is 4.79 Å². The van der Waals surface area contributed by atoms with Crippen molar-refractivity contribution in [3.05, 3.63) is 81.0 Å². The molecule has 132 valence electrons. The predicted molar refractivity (Wildman–Crippen MR) is 93.6 cm³/mol. The number of ether oxygens (including phenoxy) is 1. The summed E-state index contributed by atoms with van der Waals surface area (Å²) in [6, 6.07) is 13.6. The Balaban J connectivity index is 1.68. The fraction of sp³-hybridized carbons (Fsp3) is 0.158. The molecule has 0 N–H and O–H groups in total. The van der Waals surface area contributed by atoms with Gasteiger partial charge in [-0.15, -0.1) is 0 Å². The first-order valence-corrected chi connectivity index (χ1v) is 7.89. The van der Waals surface area contributed by atoms with E-state index in [2.05, 4.69) is 5.16 Å². The van der Waals surface area contributed by atoms with Crippen LogP contribution in [0.1, 0.15) is 27.2 Å². The molecular weight excluding hydrogens is 336 g/mol. The van der Waals surface area contributed by atoms with E-state index in [0.717, 1.165) is 11.1 Å². The van der Waals surface area contributed by atoms with Crippen molar-refractivity contribution in [1.82, 2.24) is 5.16 Å². The first-order chi connectivity index (χ1) is 12.4. The van der Waals surface area contributed by atoms with Gasteiger partial charge in [-0.3, -0.25) is 10.1 Å². The van der Waals surface area contributed by atoms with Crippen LogP contribution in [-0.4, -0.2) is 16.0 Å². The minimum atomic E-state index is -0.659. The highest BCUT2D eigenvalue weighted by Crippen LogP contribution is 2.22. The molecule has 1 aromatic heterocycles. The molecule has 0 amide bonds. The fourth-order valence-corrected chi connectivity index (χ4v) is 2.39. The summed E-state index contributed by atoms with van der Waals surface area (Å²) in [5, 5.41) is 14.8. The number of nitro groups is 1. The van der Waals surface area contributed by atoms with Crippen molar-refractivity contribution in [2.75, 3.05) is 0 Å². The summed E-state index contributed by atoms with van der Waals surface area (Å²) >= 11 is 0. The smallest absolute Gasteiger partial charge is 0.338 e. The summed E-state index contributed by atoms with van der Waals surface area (Å²) in [5.41, 5.74) is 2.93. The van der Waals surface area contributed by atoms with E-state index in [1.54, 1.807) is 13.0 Å². The van der Waals surface area contributed by atoms with Crippen LogP contribution < -0.4 is 0 Å². The first kappa shape index (κ1) is 17.3. The van der Waals surface area contributed by atoms with E-state index in [-0.39, 0.29) is 17.9 Å². The summed E-state index contributed by atoms with van der Waals surface area (Å²) in [5.74, 6) is -0.0880. The molecular formula is C19H16N2O5. The van der Waals surface area contributed by atoms with Crippen molar-refractivity contribution in [3.8, 4) is 11.3 Å². The van der Waals surface area contributed by atoms with Crippen LogP contribution in [0.2, 0.25) is 0 Å². The van der Waals surface area contributed by atoms with Crippen LogP contribution in [0.5, 0.6) is 0 Å². The molecule has 0 unspecified atom stereocenters. The van der Waals surface area contributed by atoms with Crippen molar-refractivity contribution < 1.29 is 19.0 Å². The average molecular weight is 352 g/mol. The molecule has 0 fully saturated rings. The Hall–Kier alpha value is -3.48. The number of esters is 1. The Morgan fingerprint density at radius 1 is 1.15 bits per heavy atom. The molecule has 0 saturated heterocycles. The highest BCUT2D eigenvalue weighted by atomic mass is 16.6. The molecule has 7 nitrogen and oxygen atoms in total. The number of benzene rings is 2. The van der Waals surface area contributed by atoms with Gasteiger partial charge < -0.3 is 9.26 Å². The number of aryl methyl sites for hydroxylation is 2. The van der Waals surface area contributed by atoms with Gasteiger partial charge >= 0.3 is 5.97 Å². The van der Waals surface area contributed by atoms with Gasteiger partial charge in [-0.05, 0) is 19.9 Å². The molecule has 3 rings (SSSR count). The molecule has 0 spiro atoms. The van der Waals surface area contributed by atoms with Crippen LogP contribution in [0, 0.1) is 24.0 Å². The van der Waals surface area contributed by atoms with Gasteiger partial charge in [0.25, 0.3) is 5.69 Å². The third-order valence-electron chi connectivity index (χ3n) is 3.89. The molecule has 0 saturated carbocycles. The maximum atomic E-state index is 12.1. The summed E-state index contributed by atoms with van der Waals surface area (Å²) < 4.78 is 10.4. The molecule has 0 radical (unpaired) electrons. The van der Waals surface area contributed by atoms with Crippen LogP contribution in [0.15, 0.2) is 53.1 Å². The second-order valence-corrected chi connectivity index (χ2v) is 5.88. The minimum Gasteiger partial charge on any atom is -0.455 e. The van der Waals surface area contributed by atoms with Gasteiger partial charge in [0.2, 0.25) is 0 Å². The zero-order valence-corrected chi connectivity index (χ0v) is 14.3. The van der Waals surface area contributed by atoms with Crippen molar-refractivity contribution in [2.45, 2.75) is 20.5 Å². The summed E-state index contributed by atoms with van der Waals surface area (Å²) in [7, 11) is 0. The van der Waals surface area contributed by atoms with Crippen LogP contribution in [0.3, 0.4) is 0 Å². The van der Waals surface area contributed by atoms with Gasteiger partial charge in [-0.2, -0.15) is 0 Å². The number of hydrogen-bond donors (Lipinski definition) is 0. The molecule has 3 aromatic rings. The molecule has 2 aromatic carbocycles. The van der Waals surface area contributed by atoms with E-state index in [9.17, 15) is 14.9 Å². The van der Waals surface area contributed by atoms with Crippen LogP contribution >= 0.6 is 0 Å². The Bertz CT molecular complexity index is 960. The van der Waals surface area contributed by atoms with Crippen LogP contribution in [0.25, 0.3) is 11.3 Å². The highest BCUT2D eigenvalue weighted by molar-refractivity contribution is 5.90. The number of nitro benzene ring substituents is 1. The average Bonchev–Trinajstić information content (AvgIpc) is 3.09. The van der Waals surface area contributed by atoms with Gasteiger partial charge in [0.05, 0.1) is 10.5 Å². The Morgan fingerprint density at radius 2 is 1.88 bits per heavy atom. The SMILES string of the molecule is Cc1ccc(-c2cc(COC(=O)c3ccc(C)c([N+](=O)[O-])c3)no2)cc1. The van der Waals surface area contributed by atoms with E-state index in [4.69, 9.17) is 9.26 Å². The van der Waals surface area contributed by atoms with Gasteiger partial charge in [-0.1, -0.05) is 41.1 Å². The fourth-order valence-electron chi connectivity index (χ4n) is 2.39. The molecule has 26 heavy (non-hydrogen) atoms. The lowest BCUT2D eigenvalue weighted by atomic mass is 10.1. The molecule has 0 aliphatic carbocycles. The Morgan fingerprint density at radius 3 is 2.58 bits per heavy atom. The number of nitrogens with zero attached hydrogens (tertiary/aromatic N) is 2. The predicted octanol–water partition coefficient (Wildman–Crippen LogP) is 4.22. The molecule has 0 atom stereocenters. The highest BCUT2D eigenvalue weighted by Gasteiger charge is 2.16. The number of carbonyl (C=O) groups is 1. The maximum absolute atomic E-state index is 12.1. The summed E-state index contributed by atoms with van der Waals surface area (Å²) in [4.78, 5) is 22.6. The van der Waals surface area contributed by atoms with Crippen molar-refractivity contribution in [1.29, 1.82) is 0 Å². The monoisotopic (exact) mass is 352 g/mol. The number of rotatable bonds is 5. The Kier molecular flexibility index (Phi) is 4.79. The molecule has 7 heteroatoms. The Labute approximate surface area is 149 Å². The van der Waals surface area contributed by atoms with E-state index < -0.39 is 10.9 Å². The van der Waals surface area contributed by atoms with E-state index in [0.29, 0.717) is 17.0 Å². The zero-order valence-electron chi connectivity index (χ0n) is 14.3. The van der Waals surface area contributed by atoms with Crippen LogP contribution in [0.4, 0.5) is 5.69 Å².